The number of hydrogen-bond acceptors (Lipinski definition) is 4. The first-order chi connectivity index (χ1) is 9.64. The van der Waals surface area contributed by atoms with Crippen LogP contribution < -0.4 is 0 Å². The standard InChI is InChI=1S/C15H19N2O4/c1-14(2)15(3,4)17(20)12(16(14)19)10-6-8-11(9-7-10)13(18)21-5/h6-9H,1-5H3. The molecule has 1 radical (unpaired) electrons. The molecule has 0 bridgehead atoms. The zero-order chi connectivity index (χ0) is 16.0. The Labute approximate surface area is 123 Å². The van der Waals surface area contributed by atoms with Crippen LogP contribution in [0.25, 0.3) is 0 Å². The van der Waals surface area contributed by atoms with Gasteiger partial charge in [-0.05, 0) is 52.0 Å². The molecule has 1 aromatic carbocycles. The van der Waals surface area contributed by atoms with E-state index in [1.54, 1.807) is 39.8 Å². The monoisotopic (exact) mass is 291 g/mol. The van der Waals surface area contributed by atoms with E-state index >= 15 is 0 Å². The van der Waals surface area contributed by atoms with E-state index in [2.05, 4.69) is 4.74 Å². The number of benzene rings is 1. The molecule has 0 atom stereocenters. The van der Waals surface area contributed by atoms with E-state index in [0.29, 0.717) is 11.1 Å². The Hall–Kier alpha value is -2.08. The van der Waals surface area contributed by atoms with Gasteiger partial charge in [-0.1, -0.05) is 5.06 Å². The molecule has 1 aromatic rings. The first-order valence-electron chi connectivity index (χ1n) is 6.65. The minimum absolute atomic E-state index is 0.0569. The van der Waals surface area contributed by atoms with E-state index in [0.717, 1.165) is 9.80 Å². The molecular formula is C15H19N2O4. The Bertz CT molecular complexity index is 603. The van der Waals surface area contributed by atoms with Crippen molar-refractivity contribution in [3.8, 4) is 0 Å². The lowest BCUT2D eigenvalue weighted by atomic mass is 9.84. The first-order valence-corrected chi connectivity index (χ1v) is 6.65. The predicted octanol–water partition coefficient (Wildman–Crippen LogP) is 1.95. The summed E-state index contributed by atoms with van der Waals surface area (Å²) in [6.45, 7) is 6.95. The van der Waals surface area contributed by atoms with Crippen LogP contribution in [-0.4, -0.2) is 39.8 Å². The van der Waals surface area contributed by atoms with E-state index in [1.807, 2.05) is 0 Å². The van der Waals surface area contributed by atoms with Gasteiger partial charge in [0.05, 0.1) is 18.2 Å². The molecule has 1 aliphatic heterocycles. The summed E-state index contributed by atoms with van der Waals surface area (Å²) in [6, 6.07) is 6.23. The smallest absolute Gasteiger partial charge is 0.337 e. The Morgan fingerprint density at radius 1 is 1.19 bits per heavy atom. The van der Waals surface area contributed by atoms with E-state index in [-0.39, 0.29) is 5.84 Å². The second-order valence-corrected chi connectivity index (χ2v) is 6.10. The fourth-order valence-corrected chi connectivity index (χ4v) is 2.22. The van der Waals surface area contributed by atoms with Gasteiger partial charge in [0, 0.05) is 5.21 Å². The molecule has 1 heterocycles. The lowest BCUT2D eigenvalue weighted by Crippen LogP contribution is -2.53. The quantitative estimate of drug-likeness (QED) is 0.474. The van der Waals surface area contributed by atoms with Crippen LogP contribution in [0.2, 0.25) is 0 Å². The molecule has 6 heteroatoms. The van der Waals surface area contributed by atoms with Gasteiger partial charge in [0.2, 0.25) is 0 Å². The van der Waals surface area contributed by atoms with E-state index < -0.39 is 17.0 Å². The number of hydroxylamine groups is 3. The van der Waals surface area contributed by atoms with Crippen LogP contribution in [0.1, 0.15) is 43.6 Å². The molecule has 6 nitrogen and oxygen atoms in total. The summed E-state index contributed by atoms with van der Waals surface area (Å²) in [7, 11) is 1.30. The Morgan fingerprint density at radius 2 is 1.71 bits per heavy atom. The van der Waals surface area contributed by atoms with Crippen molar-refractivity contribution < 1.29 is 19.5 Å². The third-order valence-electron chi connectivity index (χ3n) is 4.46. The molecule has 0 unspecified atom stereocenters. The second kappa shape index (κ2) is 4.73. The van der Waals surface area contributed by atoms with Crippen molar-refractivity contribution in [2.45, 2.75) is 38.8 Å². The molecule has 0 fully saturated rings. The molecule has 0 saturated heterocycles. The number of amidine groups is 1. The van der Waals surface area contributed by atoms with Crippen molar-refractivity contribution >= 4 is 11.8 Å². The van der Waals surface area contributed by atoms with Gasteiger partial charge in [-0.3, -0.25) is 4.74 Å². The number of rotatable bonds is 2. The highest BCUT2D eigenvalue weighted by Gasteiger charge is 2.59. The third kappa shape index (κ3) is 2.06. The van der Waals surface area contributed by atoms with Gasteiger partial charge in [-0.25, -0.2) is 4.79 Å². The molecule has 0 spiro atoms. The van der Waals surface area contributed by atoms with Gasteiger partial charge < -0.3 is 9.94 Å². The van der Waals surface area contributed by atoms with Crippen molar-refractivity contribution in [3.63, 3.8) is 0 Å². The molecule has 0 saturated carbocycles. The van der Waals surface area contributed by atoms with Crippen LogP contribution >= 0.6 is 0 Å². The molecule has 1 aliphatic rings. The molecule has 0 N–H and O–H groups in total. The lowest BCUT2D eigenvalue weighted by molar-refractivity contribution is -0.539. The third-order valence-corrected chi connectivity index (χ3v) is 4.46. The van der Waals surface area contributed by atoms with Gasteiger partial charge in [-0.2, -0.15) is 0 Å². The van der Waals surface area contributed by atoms with Gasteiger partial charge in [0.15, 0.2) is 5.54 Å². The van der Waals surface area contributed by atoms with Gasteiger partial charge >= 0.3 is 11.8 Å². The predicted molar refractivity (Wildman–Crippen MR) is 76.2 cm³/mol. The van der Waals surface area contributed by atoms with Crippen LogP contribution in [-0.2, 0) is 9.94 Å². The maximum Gasteiger partial charge on any atom is 0.337 e. The summed E-state index contributed by atoms with van der Waals surface area (Å²) in [4.78, 5) is 11.4. The van der Waals surface area contributed by atoms with Gasteiger partial charge in [0.1, 0.15) is 5.54 Å². The molecule has 0 aliphatic carbocycles. The summed E-state index contributed by atoms with van der Waals surface area (Å²) in [6.07, 6.45) is 0. The SMILES string of the molecule is COC(=O)c1ccc(C2=[N+]([O-])C(C)(C)C(C)(C)N2[O])cc1. The van der Waals surface area contributed by atoms with E-state index in [9.17, 15) is 15.2 Å². The largest absolute Gasteiger partial charge is 0.714 e. The van der Waals surface area contributed by atoms with E-state index in [1.165, 1.54) is 19.2 Å². The lowest BCUT2D eigenvalue weighted by Gasteiger charge is -2.32. The molecule has 0 aromatic heterocycles. The second-order valence-electron chi connectivity index (χ2n) is 6.10. The number of ether oxygens (including phenoxy) is 1. The van der Waals surface area contributed by atoms with Crippen LogP contribution in [0.15, 0.2) is 24.3 Å². The first kappa shape index (κ1) is 15.3. The average molecular weight is 291 g/mol. The van der Waals surface area contributed by atoms with Crippen molar-refractivity contribution in [3.05, 3.63) is 40.6 Å². The van der Waals surface area contributed by atoms with Crippen molar-refractivity contribution in [2.75, 3.05) is 7.11 Å². The highest BCUT2D eigenvalue weighted by atomic mass is 16.5. The highest BCUT2D eigenvalue weighted by Crippen LogP contribution is 2.37. The summed E-state index contributed by atoms with van der Waals surface area (Å²) in [5.41, 5.74) is -0.865. The number of methoxy groups -OCH3 is 1. The topological polar surface area (TPSA) is 75.5 Å². The minimum Gasteiger partial charge on any atom is -0.714 e. The van der Waals surface area contributed by atoms with Crippen molar-refractivity contribution in [2.24, 2.45) is 0 Å². The zero-order valence-corrected chi connectivity index (χ0v) is 12.8. The van der Waals surface area contributed by atoms with E-state index in [4.69, 9.17) is 0 Å². The van der Waals surface area contributed by atoms with Crippen LogP contribution in [0.5, 0.6) is 0 Å². The number of esters is 1. The molecular weight excluding hydrogens is 272 g/mol. The number of hydrogen-bond donors (Lipinski definition) is 0. The molecule has 0 amide bonds. The normalized spacial score (nSPS) is 19.8. The summed E-state index contributed by atoms with van der Waals surface area (Å²) < 4.78 is 5.36. The van der Waals surface area contributed by atoms with Gasteiger partial charge in [-0.15, -0.1) is 0 Å². The Balaban J connectivity index is 2.47. The summed E-state index contributed by atoms with van der Waals surface area (Å²) in [5, 5.41) is 25.7. The number of nitrogens with zero attached hydrogens (tertiary/aromatic N) is 2. The van der Waals surface area contributed by atoms with Crippen molar-refractivity contribution in [1.82, 2.24) is 5.06 Å². The maximum absolute atomic E-state index is 12.5. The average Bonchev–Trinajstić information content (AvgIpc) is 2.57. The zero-order valence-electron chi connectivity index (χ0n) is 12.8. The number of carbonyl (C=O) groups is 1. The van der Waals surface area contributed by atoms with Gasteiger partial charge in [0.25, 0.3) is 0 Å². The Kier molecular flexibility index (Phi) is 3.45. The molecule has 2 rings (SSSR count). The van der Waals surface area contributed by atoms with Crippen LogP contribution in [0.3, 0.4) is 0 Å². The minimum atomic E-state index is -0.856. The summed E-state index contributed by atoms with van der Waals surface area (Å²) in [5.74, 6) is -0.405. The van der Waals surface area contributed by atoms with Crippen molar-refractivity contribution in [1.29, 1.82) is 0 Å². The fourth-order valence-electron chi connectivity index (χ4n) is 2.22. The molecule has 21 heavy (non-hydrogen) atoms. The highest BCUT2D eigenvalue weighted by molar-refractivity contribution is 5.97. The Morgan fingerprint density at radius 3 is 2.10 bits per heavy atom. The molecule has 113 valence electrons. The van der Waals surface area contributed by atoms with Crippen LogP contribution in [0.4, 0.5) is 0 Å². The van der Waals surface area contributed by atoms with Crippen LogP contribution in [0, 0.1) is 5.21 Å². The fraction of sp³-hybridized carbons (Fsp3) is 0.467. The summed E-state index contributed by atoms with van der Waals surface area (Å²) >= 11 is 0. The number of carbonyl (C=O) groups excluding carboxylic acids is 1. The maximum atomic E-state index is 12.5.